The number of fused-ring (bicyclic) bond motifs is 7. The zero-order chi connectivity index (χ0) is 28.7. The van der Waals surface area contributed by atoms with Crippen molar-refractivity contribution in [1.82, 2.24) is 4.98 Å². The molecule has 0 radical (unpaired) electrons. The van der Waals surface area contributed by atoms with Gasteiger partial charge in [-0.2, -0.15) is 0 Å². The maximum absolute atomic E-state index is 6.28. The normalized spacial score (nSPS) is 12.3. The molecule has 43 heavy (non-hydrogen) atoms. The number of hydrogen-bond donors (Lipinski definition) is 1. The Hall–Kier alpha value is -5.81. The number of rotatable bonds is 4. The minimum atomic E-state index is 0.765. The number of pyridine rings is 1. The average Bonchev–Trinajstić information content (AvgIpc) is 3.68. The molecular formula is C38H25N3O2. The summed E-state index contributed by atoms with van der Waals surface area (Å²) in [6, 6.07) is 34.6. The number of nitrogens with two attached hydrogens (primary N) is 1. The van der Waals surface area contributed by atoms with Gasteiger partial charge in [0.25, 0.3) is 0 Å². The van der Waals surface area contributed by atoms with Gasteiger partial charge in [-0.25, -0.2) is 0 Å². The molecular weight excluding hydrogens is 530 g/mol. The summed E-state index contributed by atoms with van der Waals surface area (Å²) in [4.78, 5) is 6.56. The van der Waals surface area contributed by atoms with E-state index in [2.05, 4.69) is 108 Å². The summed E-state index contributed by atoms with van der Waals surface area (Å²) in [6.07, 6.45) is 6.89. The summed E-state index contributed by atoms with van der Waals surface area (Å²) >= 11 is 0. The summed E-state index contributed by atoms with van der Waals surface area (Å²) in [5, 5.41) is 5.63. The van der Waals surface area contributed by atoms with Gasteiger partial charge < -0.3 is 19.5 Å². The number of aromatic nitrogens is 1. The highest BCUT2D eigenvalue weighted by molar-refractivity contribution is 6.19. The Morgan fingerprint density at radius 3 is 2.14 bits per heavy atom. The van der Waals surface area contributed by atoms with Gasteiger partial charge >= 0.3 is 0 Å². The van der Waals surface area contributed by atoms with Crippen LogP contribution in [0.5, 0.6) is 0 Å². The molecule has 0 aliphatic heterocycles. The Balaban J connectivity index is 1.32. The molecule has 0 bridgehead atoms. The largest absolute Gasteiger partial charge is 0.456 e. The highest BCUT2D eigenvalue weighted by Gasteiger charge is 2.25. The second-order valence-corrected chi connectivity index (χ2v) is 11.0. The molecule has 0 fully saturated rings. The van der Waals surface area contributed by atoms with E-state index in [1.165, 1.54) is 39.2 Å². The van der Waals surface area contributed by atoms with Crippen molar-refractivity contribution in [2.24, 2.45) is 5.73 Å². The van der Waals surface area contributed by atoms with E-state index in [4.69, 9.17) is 14.6 Å². The average molecular weight is 556 g/mol. The monoisotopic (exact) mass is 555 g/mol. The van der Waals surface area contributed by atoms with Gasteiger partial charge in [-0.15, -0.1) is 0 Å². The van der Waals surface area contributed by atoms with Crippen LogP contribution in [-0.2, 0) is 0 Å². The van der Waals surface area contributed by atoms with Crippen molar-refractivity contribution in [1.29, 1.82) is 0 Å². The highest BCUT2D eigenvalue weighted by atomic mass is 16.3. The zero-order valence-corrected chi connectivity index (χ0v) is 23.3. The third-order valence-corrected chi connectivity index (χ3v) is 8.75. The minimum absolute atomic E-state index is 0.765. The van der Waals surface area contributed by atoms with Crippen molar-refractivity contribution in [3.63, 3.8) is 0 Å². The van der Waals surface area contributed by atoms with E-state index >= 15 is 0 Å². The molecule has 2 N–H and O–H groups in total. The molecule has 1 aliphatic carbocycles. The van der Waals surface area contributed by atoms with E-state index in [1.54, 1.807) is 18.5 Å². The highest BCUT2D eigenvalue weighted by Crippen LogP contribution is 2.51. The standard InChI is InChI=1S/C38H25N3O2/c1-22-25-11-9-23(19-35(25)42-34(22)15-17-39)41(24-10-12-28-29-16-18-40-21-37(29)43-36(28)20-24)33-14-13-31-27-6-3-2-5-26(27)30-7-4-8-32(33)38(30)31/h2-21H,39H2,1H3/b17-15-. The maximum atomic E-state index is 6.28. The van der Waals surface area contributed by atoms with Crippen LogP contribution in [-0.4, -0.2) is 4.98 Å². The summed E-state index contributed by atoms with van der Waals surface area (Å²) in [5.74, 6) is 0.765. The van der Waals surface area contributed by atoms with Gasteiger partial charge in [-0.3, -0.25) is 4.98 Å². The Bertz CT molecular complexity index is 2420. The van der Waals surface area contributed by atoms with Crippen molar-refractivity contribution in [3.8, 4) is 22.3 Å². The molecule has 9 rings (SSSR count). The molecule has 5 heteroatoms. The maximum Gasteiger partial charge on any atom is 0.153 e. The first-order valence-corrected chi connectivity index (χ1v) is 14.3. The molecule has 204 valence electrons. The number of benzene rings is 5. The molecule has 0 amide bonds. The molecule has 0 unspecified atom stereocenters. The van der Waals surface area contributed by atoms with Gasteiger partial charge in [0.2, 0.25) is 0 Å². The van der Waals surface area contributed by atoms with Crippen molar-refractivity contribution < 1.29 is 8.83 Å². The fourth-order valence-electron chi connectivity index (χ4n) is 6.79. The van der Waals surface area contributed by atoms with Crippen LogP contribution in [0, 0.1) is 6.92 Å². The predicted octanol–water partition coefficient (Wildman–Crippen LogP) is 10.2. The lowest BCUT2D eigenvalue weighted by atomic mass is 10.00. The third kappa shape index (κ3) is 3.36. The van der Waals surface area contributed by atoms with Gasteiger partial charge in [0.15, 0.2) is 5.58 Å². The molecule has 0 saturated heterocycles. The van der Waals surface area contributed by atoms with Crippen LogP contribution < -0.4 is 10.6 Å². The fraction of sp³-hybridized carbons (Fsp3) is 0.0263. The van der Waals surface area contributed by atoms with Crippen LogP contribution in [0.1, 0.15) is 11.3 Å². The van der Waals surface area contributed by atoms with Crippen LogP contribution in [0.4, 0.5) is 17.1 Å². The van der Waals surface area contributed by atoms with Gasteiger partial charge in [0.05, 0.1) is 11.9 Å². The number of furan rings is 2. The van der Waals surface area contributed by atoms with Crippen molar-refractivity contribution >= 4 is 66.8 Å². The lowest BCUT2D eigenvalue weighted by Crippen LogP contribution is -2.10. The van der Waals surface area contributed by atoms with Crippen LogP contribution >= 0.6 is 0 Å². The second kappa shape index (κ2) is 8.84. The molecule has 0 saturated carbocycles. The van der Waals surface area contributed by atoms with Crippen molar-refractivity contribution in [2.75, 3.05) is 4.90 Å². The molecule has 1 aliphatic rings. The van der Waals surface area contributed by atoms with Gasteiger partial charge in [0.1, 0.15) is 16.9 Å². The van der Waals surface area contributed by atoms with E-state index in [0.29, 0.717) is 0 Å². The molecule has 3 heterocycles. The van der Waals surface area contributed by atoms with E-state index < -0.39 is 0 Å². The minimum Gasteiger partial charge on any atom is -0.456 e. The summed E-state index contributed by atoms with van der Waals surface area (Å²) in [5.41, 5.74) is 17.3. The van der Waals surface area contributed by atoms with E-state index in [1.807, 2.05) is 6.07 Å². The van der Waals surface area contributed by atoms with Crippen LogP contribution in [0.3, 0.4) is 0 Å². The first-order chi connectivity index (χ1) is 21.2. The van der Waals surface area contributed by atoms with Gasteiger partial charge in [0, 0.05) is 56.8 Å². The Morgan fingerprint density at radius 2 is 1.35 bits per heavy atom. The lowest BCUT2D eigenvalue weighted by Gasteiger charge is -2.27. The number of nitrogens with zero attached hydrogens (tertiary/aromatic N) is 2. The fourth-order valence-corrected chi connectivity index (χ4v) is 6.79. The van der Waals surface area contributed by atoms with Crippen molar-refractivity contribution in [2.45, 2.75) is 6.92 Å². The van der Waals surface area contributed by atoms with Crippen molar-refractivity contribution in [3.05, 3.63) is 127 Å². The van der Waals surface area contributed by atoms with E-state index in [9.17, 15) is 0 Å². The summed E-state index contributed by atoms with van der Waals surface area (Å²) in [6.45, 7) is 2.06. The Morgan fingerprint density at radius 1 is 0.651 bits per heavy atom. The van der Waals surface area contributed by atoms with E-state index in [0.717, 1.165) is 61.3 Å². The number of anilines is 3. The van der Waals surface area contributed by atoms with Crippen LogP contribution in [0.15, 0.2) is 124 Å². The topological polar surface area (TPSA) is 68.4 Å². The Labute approximate surface area is 247 Å². The van der Waals surface area contributed by atoms with Crippen LogP contribution in [0.2, 0.25) is 0 Å². The predicted molar refractivity (Wildman–Crippen MR) is 176 cm³/mol. The summed E-state index contributed by atoms with van der Waals surface area (Å²) < 4.78 is 12.6. The quantitative estimate of drug-likeness (QED) is 0.234. The number of hydrogen-bond acceptors (Lipinski definition) is 5. The SMILES string of the molecule is Cc1c(/C=C\N)oc2cc(N(c3ccc4c(c3)oc3cnccc34)c3ccc4c5c(cccc35)-c3ccccc3-4)ccc12. The Kier molecular flexibility index (Phi) is 4.91. The molecule has 5 nitrogen and oxygen atoms in total. The molecule has 0 spiro atoms. The first kappa shape index (κ1) is 23.9. The van der Waals surface area contributed by atoms with E-state index in [-0.39, 0.29) is 0 Å². The zero-order valence-electron chi connectivity index (χ0n) is 23.3. The third-order valence-electron chi connectivity index (χ3n) is 8.75. The molecule has 0 atom stereocenters. The first-order valence-electron chi connectivity index (χ1n) is 14.3. The summed E-state index contributed by atoms with van der Waals surface area (Å²) in [7, 11) is 0. The lowest BCUT2D eigenvalue weighted by molar-refractivity contribution is 0.601. The molecule has 3 aromatic heterocycles. The molecule has 8 aromatic rings. The number of aryl methyl sites for hydroxylation is 1. The second-order valence-electron chi connectivity index (χ2n) is 11.0. The van der Waals surface area contributed by atoms with Gasteiger partial charge in [-0.1, -0.05) is 48.5 Å². The smallest absolute Gasteiger partial charge is 0.153 e. The van der Waals surface area contributed by atoms with Crippen LogP contribution in [0.25, 0.3) is 72.0 Å². The van der Waals surface area contributed by atoms with Gasteiger partial charge in [-0.05, 0) is 83.2 Å². The molecule has 5 aromatic carbocycles.